The van der Waals surface area contributed by atoms with Crippen molar-refractivity contribution < 1.29 is 9.59 Å². The van der Waals surface area contributed by atoms with E-state index in [9.17, 15) is 9.59 Å². The number of nitrogens with one attached hydrogen (secondary N) is 2. The normalized spacial score (nSPS) is 18.4. The van der Waals surface area contributed by atoms with Crippen molar-refractivity contribution in [2.75, 3.05) is 31.5 Å². The third-order valence-corrected chi connectivity index (χ3v) is 4.15. The standard InChI is InChI=1S/C16H21N3O2/c20-15(9-12-10-17-11-12)18-14-5-3-13(4-6-14)16(21)19-7-1-2-8-19/h3-6,12,17H,1-2,7-11H2,(H,18,20). The molecule has 1 aromatic rings. The highest BCUT2D eigenvalue weighted by atomic mass is 16.2. The van der Waals surface area contributed by atoms with Gasteiger partial charge in [-0.3, -0.25) is 9.59 Å². The Kier molecular flexibility index (Phi) is 4.20. The molecule has 0 bridgehead atoms. The molecule has 112 valence electrons. The van der Waals surface area contributed by atoms with Gasteiger partial charge in [0.15, 0.2) is 0 Å². The second-order valence-corrected chi connectivity index (χ2v) is 5.85. The largest absolute Gasteiger partial charge is 0.339 e. The lowest BCUT2D eigenvalue weighted by Crippen LogP contribution is -2.43. The minimum atomic E-state index is 0.0418. The Morgan fingerprint density at radius 2 is 1.81 bits per heavy atom. The summed E-state index contributed by atoms with van der Waals surface area (Å²) in [5.74, 6) is 0.590. The fraction of sp³-hybridized carbons (Fsp3) is 0.500. The number of hydrogen-bond donors (Lipinski definition) is 2. The Hall–Kier alpha value is -1.88. The van der Waals surface area contributed by atoms with Crippen molar-refractivity contribution >= 4 is 17.5 Å². The van der Waals surface area contributed by atoms with Gasteiger partial charge in [-0.2, -0.15) is 0 Å². The predicted molar refractivity (Wildman–Crippen MR) is 81.2 cm³/mol. The van der Waals surface area contributed by atoms with E-state index in [-0.39, 0.29) is 11.8 Å². The SMILES string of the molecule is O=C(CC1CNC1)Nc1ccc(C(=O)N2CCCC2)cc1. The van der Waals surface area contributed by atoms with Crippen molar-refractivity contribution in [1.82, 2.24) is 10.2 Å². The van der Waals surface area contributed by atoms with E-state index in [4.69, 9.17) is 0 Å². The molecule has 2 N–H and O–H groups in total. The first-order valence-corrected chi connectivity index (χ1v) is 7.62. The Morgan fingerprint density at radius 1 is 1.14 bits per heavy atom. The molecule has 2 saturated heterocycles. The molecule has 5 heteroatoms. The zero-order valence-corrected chi connectivity index (χ0v) is 12.1. The van der Waals surface area contributed by atoms with Gasteiger partial charge in [0, 0.05) is 30.8 Å². The smallest absolute Gasteiger partial charge is 0.253 e. The number of rotatable bonds is 4. The van der Waals surface area contributed by atoms with Crippen LogP contribution in [0.5, 0.6) is 0 Å². The van der Waals surface area contributed by atoms with Crippen molar-refractivity contribution in [2.24, 2.45) is 5.92 Å². The van der Waals surface area contributed by atoms with Crippen LogP contribution in [0.25, 0.3) is 0 Å². The number of hydrogen-bond acceptors (Lipinski definition) is 3. The summed E-state index contributed by atoms with van der Waals surface area (Å²) in [6.45, 7) is 3.56. The van der Waals surface area contributed by atoms with Crippen LogP contribution in [0.2, 0.25) is 0 Å². The Bertz CT molecular complexity index is 517. The van der Waals surface area contributed by atoms with E-state index in [2.05, 4.69) is 10.6 Å². The molecule has 0 aromatic heterocycles. The van der Waals surface area contributed by atoms with Crippen LogP contribution in [-0.2, 0) is 4.79 Å². The van der Waals surface area contributed by atoms with Crippen LogP contribution in [0.15, 0.2) is 24.3 Å². The number of likely N-dealkylation sites (tertiary alicyclic amines) is 1. The lowest BCUT2D eigenvalue weighted by molar-refractivity contribution is -0.117. The first-order chi connectivity index (χ1) is 10.2. The highest BCUT2D eigenvalue weighted by Crippen LogP contribution is 2.16. The number of amides is 2. The van der Waals surface area contributed by atoms with Gasteiger partial charge in [-0.1, -0.05) is 0 Å². The van der Waals surface area contributed by atoms with Gasteiger partial charge in [-0.25, -0.2) is 0 Å². The van der Waals surface area contributed by atoms with E-state index in [1.807, 2.05) is 4.90 Å². The molecule has 0 saturated carbocycles. The maximum Gasteiger partial charge on any atom is 0.253 e. The zero-order valence-electron chi connectivity index (χ0n) is 12.1. The second-order valence-electron chi connectivity index (χ2n) is 5.85. The van der Waals surface area contributed by atoms with Gasteiger partial charge in [0.25, 0.3) is 5.91 Å². The van der Waals surface area contributed by atoms with Crippen molar-refractivity contribution in [3.8, 4) is 0 Å². The maximum absolute atomic E-state index is 12.2. The van der Waals surface area contributed by atoms with Crippen molar-refractivity contribution in [3.63, 3.8) is 0 Å². The summed E-state index contributed by atoms with van der Waals surface area (Å²) < 4.78 is 0. The molecular formula is C16H21N3O2. The lowest BCUT2D eigenvalue weighted by atomic mass is 9.99. The van der Waals surface area contributed by atoms with Crippen molar-refractivity contribution in [3.05, 3.63) is 29.8 Å². The zero-order chi connectivity index (χ0) is 14.7. The summed E-state index contributed by atoms with van der Waals surface area (Å²) in [7, 11) is 0. The highest BCUT2D eigenvalue weighted by Gasteiger charge is 2.21. The molecule has 0 radical (unpaired) electrons. The molecule has 3 rings (SSSR count). The van der Waals surface area contributed by atoms with Gasteiger partial charge in [0.1, 0.15) is 0 Å². The molecule has 5 nitrogen and oxygen atoms in total. The molecule has 0 aliphatic carbocycles. The van der Waals surface area contributed by atoms with Gasteiger partial charge < -0.3 is 15.5 Å². The minimum Gasteiger partial charge on any atom is -0.339 e. The molecule has 1 aromatic carbocycles. The molecule has 2 amide bonds. The third kappa shape index (κ3) is 3.42. The molecule has 21 heavy (non-hydrogen) atoms. The van der Waals surface area contributed by atoms with Crippen LogP contribution >= 0.6 is 0 Å². The Balaban J connectivity index is 1.55. The Labute approximate surface area is 124 Å². The summed E-state index contributed by atoms with van der Waals surface area (Å²) in [5.41, 5.74) is 1.45. The predicted octanol–water partition coefficient (Wildman–Crippen LogP) is 1.47. The summed E-state index contributed by atoms with van der Waals surface area (Å²) in [6.07, 6.45) is 2.74. The molecule has 0 spiro atoms. The molecule has 0 atom stereocenters. The maximum atomic E-state index is 12.2. The minimum absolute atomic E-state index is 0.0418. The van der Waals surface area contributed by atoms with Crippen LogP contribution in [-0.4, -0.2) is 42.9 Å². The lowest BCUT2D eigenvalue weighted by Gasteiger charge is -2.26. The number of carbonyl (C=O) groups is 2. The van der Waals surface area contributed by atoms with E-state index in [1.54, 1.807) is 24.3 Å². The molecule has 0 unspecified atom stereocenters. The summed E-state index contributed by atoms with van der Waals surface area (Å²) in [6, 6.07) is 7.20. The average Bonchev–Trinajstić information content (AvgIpc) is 2.97. The second kappa shape index (κ2) is 6.26. The van der Waals surface area contributed by atoms with Crippen LogP contribution in [0.4, 0.5) is 5.69 Å². The molecule has 2 heterocycles. The van der Waals surface area contributed by atoms with E-state index in [0.29, 0.717) is 17.9 Å². The third-order valence-electron chi connectivity index (χ3n) is 4.15. The van der Waals surface area contributed by atoms with E-state index >= 15 is 0 Å². The van der Waals surface area contributed by atoms with E-state index < -0.39 is 0 Å². The summed E-state index contributed by atoms with van der Waals surface area (Å²) in [4.78, 5) is 25.9. The fourth-order valence-electron chi connectivity index (χ4n) is 2.77. The molecule has 2 fully saturated rings. The molecular weight excluding hydrogens is 266 g/mol. The van der Waals surface area contributed by atoms with Crippen molar-refractivity contribution in [1.29, 1.82) is 0 Å². The first-order valence-electron chi connectivity index (χ1n) is 7.62. The van der Waals surface area contributed by atoms with Crippen LogP contribution < -0.4 is 10.6 Å². The van der Waals surface area contributed by atoms with Crippen LogP contribution in [0.1, 0.15) is 29.6 Å². The van der Waals surface area contributed by atoms with E-state index in [0.717, 1.165) is 44.7 Å². The highest BCUT2D eigenvalue weighted by molar-refractivity contribution is 5.96. The topological polar surface area (TPSA) is 61.4 Å². The van der Waals surface area contributed by atoms with Gasteiger partial charge in [-0.05, 0) is 56.1 Å². The quantitative estimate of drug-likeness (QED) is 0.881. The number of nitrogens with zero attached hydrogens (tertiary/aromatic N) is 1. The van der Waals surface area contributed by atoms with Gasteiger partial charge in [-0.15, -0.1) is 0 Å². The summed E-state index contributed by atoms with van der Waals surface area (Å²) >= 11 is 0. The molecule has 2 aliphatic heterocycles. The van der Waals surface area contributed by atoms with Crippen molar-refractivity contribution in [2.45, 2.75) is 19.3 Å². The summed E-state index contributed by atoms with van der Waals surface area (Å²) in [5, 5.41) is 6.04. The first kappa shape index (κ1) is 14.1. The van der Waals surface area contributed by atoms with Gasteiger partial charge in [0.05, 0.1) is 0 Å². The number of anilines is 1. The molecule has 2 aliphatic rings. The number of carbonyl (C=O) groups excluding carboxylic acids is 2. The van der Waals surface area contributed by atoms with E-state index in [1.165, 1.54) is 0 Å². The van der Waals surface area contributed by atoms with Crippen LogP contribution in [0, 0.1) is 5.92 Å². The van der Waals surface area contributed by atoms with Gasteiger partial charge >= 0.3 is 0 Å². The number of benzene rings is 1. The Morgan fingerprint density at radius 3 is 2.38 bits per heavy atom. The van der Waals surface area contributed by atoms with Crippen LogP contribution in [0.3, 0.4) is 0 Å². The monoisotopic (exact) mass is 287 g/mol. The average molecular weight is 287 g/mol. The fourth-order valence-corrected chi connectivity index (χ4v) is 2.77. The van der Waals surface area contributed by atoms with Gasteiger partial charge in [0.2, 0.25) is 5.91 Å².